The molecule has 2 aliphatic heterocycles. The Morgan fingerprint density at radius 3 is 2.81 bits per heavy atom. The first kappa shape index (κ1) is 18.2. The highest BCUT2D eigenvalue weighted by atomic mass is 32.1. The summed E-state index contributed by atoms with van der Waals surface area (Å²) in [7, 11) is 0. The van der Waals surface area contributed by atoms with E-state index in [9.17, 15) is 14.7 Å². The number of hydrogen-bond acceptors (Lipinski definition) is 4. The van der Waals surface area contributed by atoms with Gasteiger partial charge in [0.2, 0.25) is 5.91 Å². The smallest absolute Gasteiger partial charge is 0.254 e. The van der Waals surface area contributed by atoms with Gasteiger partial charge in [0.1, 0.15) is 0 Å². The van der Waals surface area contributed by atoms with Crippen molar-refractivity contribution < 1.29 is 14.7 Å². The van der Waals surface area contributed by atoms with Crippen molar-refractivity contribution in [1.82, 2.24) is 9.80 Å². The van der Waals surface area contributed by atoms with Gasteiger partial charge in [-0.1, -0.05) is 18.2 Å². The Kier molecular flexibility index (Phi) is 5.02. The molecule has 2 amide bonds. The van der Waals surface area contributed by atoms with E-state index in [0.717, 1.165) is 17.5 Å². The lowest BCUT2D eigenvalue weighted by atomic mass is 9.90. The van der Waals surface area contributed by atoms with Crippen LogP contribution in [0.5, 0.6) is 0 Å². The summed E-state index contributed by atoms with van der Waals surface area (Å²) in [5.74, 6) is 0.133. The molecule has 1 N–H and O–H groups in total. The fourth-order valence-corrected chi connectivity index (χ4v) is 5.23. The summed E-state index contributed by atoms with van der Waals surface area (Å²) in [5, 5.41) is 12.6. The highest BCUT2D eigenvalue weighted by molar-refractivity contribution is 7.10. The first-order valence-corrected chi connectivity index (χ1v) is 10.3. The van der Waals surface area contributed by atoms with Crippen LogP contribution in [0.25, 0.3) is 0 Å². The van der Waals surface area contributed by atoms with Crippen LogP contribution in [0.3, 0.4) is 0 Å². The average Bonchev–Trinajstić information content (AvgIpc) is 3.23. The molecular weight excluding hydrogens is 360 g/mol. The highest BCUT2D eigenvalue weighted by Crippen LogP contribution is 2.34. The summed E-state index contributed by atoms with van der Waals surface area (Å²) in [6.07, 6.45) is 0.551. The lowest BCUT2D eigenvalue weighted by molar-refractivity contribution is -0.134. The number of aliphatic hydroxyl groups is 1. The second-order valence-corrected chi connectivity index (χ2v) is 8.35. The van der Waals surface area contributed by atoms with E-state index < -0.39 is 6.10 Å². The molecule has 0 spiro atoms. The Morgan fingerprint density at radius 1 is 1.30 bits per heavy atom. The Bertz CT molecular complexity index is 863. The molecule has 27 heavy (non-hydrogen) atoms. The summed E-state index contributed by atoms with van der Waals surface area (Å²) in [4.78, 5) is 29.7. The summed E-state index contributed by atoms with van der Waals surface area (Å²) < 4.78 is 0. The fraction of sp³-hybridized carbons (Fsp3) is 0.429. The number of likely N-dealkylation sites (tertiary alicyclic amines) is 1. The number of nitrogens with zero attached hydrogens (tertiary/aromatic N) is 2. The number of aryl methyl sites for hydroxylation is 1. The second kappa shape index (κ2) is 7.44. The van der Waals surface area contributed by atoms with E-state index in [1.807, 2.05) is 24.3 Å². The number of β-amino-alcohol motifs (C(OH)–C–C–N with tert-alkyl or cyclic N) is 1. The van der Waals surface area contributed by atoms with Gasteiger partial charge < -0.3 is 14.9 Å². The number of amides is 2. The van der Waals surface area contributed by atoms with Crippen LogP contribution in [0.15, 0.2) is 35.7 Å². The van der Waals surface area contributed by atoms with Gasteiger partial charge in [-0.15, -0.1) is 11.3 Å². The van der Waals surface area contributed by atoms with Gasteiger partial charge >= 0.3 is 0 Å². The zero-order valence-corrected chi connectivity index (χ0v) is 16.2. The molecule has 0 bridgehead atoms. The van der Waals surface area contributed by atoms with Crippen molar-refractivity contribution in [1.29, 1.82) is 0 Å². The molecule has 1 saturated heterocycles. The first-order chi connectivity index (χ1) is 13.0. The molecule has 5 nitrogen and oxygen atoms in total. The summed E-state index contributed by atoms with van der Waals surface area (Å²) in [6.45, 7) is 4.10. The average molecular weight is 385 g/mol. The lowest BCUT2D eigenvalue weighted by Gasteiger charge is -2.36. The van der Waals surface area contributed by atoms with Crippen LogP contribution in [0, 0.1) is 6.92 Å². The van der Waals surface area contributed by atoms with Gasteiger partial charge in [-0.2, -0.15) is 0 Å². The van der Waals surface area contributed by atoms with Crippen LogP contribution in [0.1, 0.15) is 45.1 Å². The van der Waals surface area contributed by atoms with Gasteiger partial charge in [0.15, 0.2) is 0 Å². The quantitative estimate of drug-likeness (QED) is 0.882. The van der Waals surface area contributed by atoms with E-state index in [1.165, 1.54) is 10.4 Å². The maximum atomic E-state index is 12.6. The fourth-order valence-electron chi connectivity index (χ4n) is 4.11. The van der Waals surface area contributed by atoms with Crippen molar-refractivity contribution >= 4 is 23.2 Å². The standard InChI is InChI=1S/C21H24N2O3S/c1-14-8-11-27-20(14)17-6-9-22(13-18(17)24)19(25)7-10-23-12-15-4-2-3-5-16(15)21(23)26/h2-5,8,11,17-18,24H,6-7,9-10,12-13H2,1H3/t17-,18-/m1/s1. The number of thiophene rings is 1. The molecule has 0 unspecified atom stereocenters. The predicted molar refractivity (Wildman–Crippen MR) is 105 cm³/mol. The Morgan fingerprint density at radius 2 is 2.11 bits per heavy atom. The molecule has 1 aromatic heterocycles. The number of carbonyl (C=O) groups excluding carboxylic acids is 2. The van der Waals surface area contributed by atoms with Gasteiger partial charge in [-0.3, -0.25) is 9.59 Å². The van der Waals surface area contributed by atoms with Gasteiger partial charge in [0.25, 0.3) is 5.91 Å². The molecule has 142 valence electrons. The topological polar surface area (TPSA) is 60.9 Å². The van der Waals surface area contributed by atoms with E-state index >= 15 is 0 Å². The third kappa shape index (κ3) is 3.51. The molecule has 1 fully saturated rings. The second-order valence-electron chi connectivity index (χ2n) is 7.40. The summed E-state index contributed by atoms with van der Waals surface area (Å²) >= 11 is 1.68. The van der Waals surface area contributed by atoms with Crippen molar-refractivity contribution in [2.24, 2.45) is 0 Å². The van der Waals surface area contributed by atoms with Crippen LogP contribution in [0.2, 0.25) is 0 Å². The molecule has 0 aliphatic carbocycles. The first-order valence-electron chi connectivity index (χ1n) is 9.41. The van der Waals surface area contributed by atoms with Crippen LogP contribution in [0.4, 0.5) is 0 Å². The maximum absolute atomic E-state index is 12.6. The molecule has 4 rings (SSSR count). The number of carbonyl (C=O) groups is 2. The van der Waals surface area contributed by atoms with E-state index in [4.69, 9.17) is 0 Å². The van der Waals surface area contributed by atoms with E-state index in [1.54, 1.807) is 21.1 Å². The van der Waals surface area contributed by atoms with Crippen LogP contribution in [-0.2, 0) is 11.3 Å². The summed E-state index contributed by atoms with van der Waals surface area (Å²) in [6, 6.07) is 9.68. The number of hydrogen-bond donors (Lipinski definition) is 1. The zero-order chi connectivity index (χ0) is 19.0. The van der Waals surface area contributed by atoms with Crippen molar-refractivity contribution in [3.8, 4) is 0 Å². The van der Waals surface area contributed by atoms with Crippen molar-refractivity contribution in [3.63, 3.8) is 0 Å². The SMILES string of the molecule is Cc1ccsc1[C@@H]1CCN(C(=O)CCN2Cc3ccccc3C2=O)C[C@H]1O. The Balaban J connectivity index is 1.31. The number of benzene rings is 1. The maximum Gasteiger partial charge on any atom is 0.254 e. The number of piperidine rings is 1. The molecule has 2 atom stereocenters. The zero-order valence-electron chi connectivity index (χ0n) is 15.4. The lowest BCUT2D eigenvalue weighted by Crippen LogP contribution is -2.46. The third-order valence-electron chi connectivity index (χ3n) is 5.66. The van der Waals surface area contributed by atoms with Crippen molar-refractivity contribution in [3.05, 3.63) is 57.3 Å². The Hall–Kier alpha value is -2.18. The molecule has 0 radical (unpaired) electrons. The normalized spacial score (nSPS) is 22.2. The number of aliphatic hydroxyl groups excluding tert-OH is 1. The van der Waals surface area contributed by atoms with Crippen LogP contribution < -0.4 is 0 Å². The van der Waals surface area contributed by atoms with Crippen LogP contribution in [-0.4, -0.2) is 52.5 Å². The monoisotopic (exact) mass is 384 g/mol. The molecule has 0 saturated carbocycles. The van der Waals surface area contributed by atoms with Gasteiger partial charge in [-0.05, 0) is 42.0 Å². The largest absolute Gasteiger partial charge is 0.391 e. The molecule has 6 heteroatoms. The molecule has 1 aromatic carbocycles. The summed E-state index contributed by atoms with van der Waals surface area (Å²) in [5.41, 5.74) is 2.99. The van der Waals surface area contributed by atoms with E-state index in [0.29, 0.717) is 32.6 Å². The minimum absolute atomic E-state index is 0.00492. The van der Waals surface area contributed by atoms with E-state index in [2.05, 4.69) is 18.4 Å². The molecule has 3 heterocycles. The number of rotatable bonds is 4. The Labute approximate surface area is 163 Å². The van der Waals surface area contributed by atoms with Gasteiger partial charge in [0.05, 0.1) is 6.10 Å². The minimum atomic E-state index is -0.530. The third-order valence-corrected chi connectivity index (χ3v) is 6.82. The van der Waals surface area contributed by atoms with E-state index in [-0.39, 0.29) is 17.7 Å². The minimum Gasteiger partial charge on any atom is -0.391 e. The predicted octanol–water partition coefficient (Wildman–Crippen LogP) is 2.78. The number of fused-ring (bicyclic) bond motifs is 1. The van der Waals surface area contributed by atoms with Crippen LogP contribution >= 0.6 is 11.3 Å². The van der Waals surface area contributed by atoms with Gasteiger partial charge in [-0.25, -0.2) is 0 Å². The van der Waals surface area contributed by atoms with Crippen molar-refractivity contribution in [2.75, 3.05) is 19.6 Å². The van der Waals surface area contributed by atoms with Gasteiger partial charge in [0, 0.05) is 49.0 Å². The molecule has 2 aliphatic rings. The molecule has 2 aromatic rings. The molecular formula is C21H24N2O3S. The van der Waals surface area contributed by atoms with Crippen molar-refractivity contribution in [2.45, 2.75) is 38.3 Å². The highest BCUT2D eigenvalue weighted by Gasteiger charge is 2.33.